The standard InChI is InChI=1S/C7H12O2/c8-6-2-1-5-3-4-9-7(5)6/h5-8H,1-4H2/t5-,6-,7+/m1/s1. The summed E-state index contributed by atoms with van der Waals surface area (Å²) in [7, 11) is 0. The summed E-state index contributed by atoms with van der Waals surface area (Å²) < 4.78 is 5.34. The van der Waals surface area contributed by atoms with E-state index in [1.54, 1.807) is 0 Å². The van der Waals surface area contributed by atoms with Gasteiger partial charge >= 0.3 is 0 Å². The molecule has 0 aromatic rings. The van der Waals surface area contributed by atoms with Crippen LogP contribution >= 0.6 is 0 Å². The number of rotatable bonds is 0. The minimum absolute atomic E-state index is 0.155. The maximum absolute atomic E-state index is 9.27. The predicted octanol–water partition coefficient (Wildman–Crippen LogP) is 0.546. The molecule has 1 aliphatic carbocycles. The number of aliphatic hydroxyl groups is 1. The molecule has 0 radical (unpaired) electrons. The molecule has 1 aliphatic heterocycles. The van der Waals surface area contributed by atoms with Crippen LogP contribution < -0.4 is 0 Å². The minimum Gasteiger partial charge on any atom is -0.390 e. The summed E-state index contributed by atoms with van der Waals surface area (Å²) in [6.45, 7) is 0.867. The van der Waals surface area contributed by atoms with Crippen molar-refractivity contribution >= 4 is 0 Å². The van der Waals surface area contributed by atoms with Crippen molar-refractivity contribution in [1.82, 2.24) is 0 Å². The zero-order chi connectivity index (χ0) is 6.27. The van der Waals surface area contributed by atoms with Crippen LogP contribution in [0.3, 0.4) is 0 Å². The van der Waals surface area contributed by atoms with E-state index in [0.717, 1.165) is 13.0 Å². The van der Waals surface area contributed by atoms with Crippen LogP contribution in [0.1, 0.15) is 19.3 Å². The van der Waals surface area contributed by atoms with E-state index in [0.29, 0.717) is 5.92 Å². The summed E-state index contributed by atoms with van der Waals surface area (Å²) in [5.74, 6) is 0.681. The summed E-state index contributed by atoms with van der Waals surface area (Å²) in [5, 5.41) is 9.27. The van der Waals surface area contributed by atoms with E-state index in [1.807, 2.05) is 0 Å². The molecule has 2 rings (SSSR count). The lowest BCUT2D eigenvalue weighted by Crippen LogP contribution is -2.22. The molecular weight excluding hydrogens is 116 g/mol. The highest BCUT2D eigenvalue weighted by atomic mass is 16.5. The second kappa shape index (κ2) is 1.96. The van der Waals surface area contributed by atoms with E-state index < -0.39 is 0 Å². The van der Waals surface area contributed by atoms with E-state index >= 15 is 0 Å². The van der Waals surface area contributed by atoms with E-state index in [9.17, 15) is 5.11 Å². The molecule has 2 aliphatic rings. The van der Waals surface area contributed by atoms with Gasteiger partial charge in [-0.2, -0.15) is 0 Å². The summed E-state index contributed by atoms with van der Waals surface area (Å²) in [6.07, 6.45) is 3.34. The number of fused-ring (bicyclic) bond motifs is 1. The number of ether oxygens (including phenoxy) is 1. The molecule has 0 unspecified atom stereocenters. The Morgan fingerprint density at radius 2 is 2.11 bits per heavy atom. The second-order valence-electron chi connectivity index (χ2n) is 3.03. The average molecular weight is 128 g/mol. The van der Waals surface area contributed by atoms with Crippen molar-refractivity contribution in [3.63, 3.8) is 0 Å². The second-order valence-corrected chi connectivity index (χ2v) is 3.03. The molecule has 0 spiro atoms. The normalized spacial score (nSPS) is 49.7. The van der Waals surface area contributed by atoms with E-state index in [-0.39, 0.29) is 12.2 Å². The van der Waals surface area contributed by atoms with Crippen molar-refractivity contribution in [2.45, 2.75) is 31.5 Å². The smallest absolute Gasteiger partial charge is 0.0862 e. The molecule has 1 saturated carbocycles. The third kappa shape index (κ3) is 0.775. The van der Waals surface area contributed by atoms with Crippen LogP contribution in [0.25, 0.3) is 0 Å². The molecule has 9 heavy (non-hydrogen) atoms. The summed E-state index contributed by atoms with van der Waals surface area (Å²) >= 11 is 0. The van der Waals surface area contributed by atoms with E-state index in [4.69, 9.17) is 4.74 Å². The molecule has 0 bridgehead atoms. The van der Waals surface area contributed by atoms with Crippen LogP contribution in [-0.2, 0) is 4.74 Å². The number of aliphatic hydroxyl groups excluding tert-OH is 1. The molecule has 1 saturated heterocycles. The van der Waals surface area contributed by atoms with Crippen molar-refractivity contribution in [3.8, 4) is 0 Å². The molecule has 2 nitrogen and oxygen atoms in total. The Hall–Kier alpha value is -0.0800. The summed E-state index contributed by atoms with van der Waals surface area (Å²) in [6, 6.07) is 0. The molecule has 0 amide bonds. The van der Waals surface area contributed by atoms with Crippen LogP contribution in [0.4, 0.5) is 0 Å². The fourth-order valence-corrected chi connectivity index (χ4v) is 1.94. The maximum Gasteiger partial charge on any atom is 0.0862 e. The summed E-state index contributed by atoms with van der Waals surface area (Å²) in [4.78, 5) is 0. The van der Waals surface area contributed by atoms with Gasteiger partial charge in [0.15, 0.2) is 0 Å². The van der Waals surface area contributed by atoms with Gasteiger partial charge in [0.2, 0.25) is 0 Å². The molecular formula is C7H12O2. The van der Waals surface area contributed by atoms with Gasteiger partial charge in [0, 0.05) is 6.61 Å². The van der Waals surface area contributed by atoms with Crippen molar-refractivity contribution in [2.24, 2.45) is 5.92 Å². The predicted molar refractivity (Wildman–Crippen MR) is 33.1 cm³/mol. The van der Waals surface area contributed by atoms with Gasteiger partial charge < -0.3 is 9.84 Å². The maximum atomic E-state index is 9.27. The number of hydrogen-bond donors (Lipinski definition) is 1. The van der Waals surface area contributed by atoms with Crippen LogP contribution in [0.15, 0.2) is 0 Å². The third-order valence-electron chi connectivity index (χ3n) is 2.48. The van der Waals surface area contributed by atoms with Crippen LogP contribution in [0.5, 0.6) is 0 Å². The lowest BCUT2D eigenvalue weighted by Gasteiger charge is -2.10. The molecule has 0 aromatic heterocycles. The molecule has 1 heterocycles. The Kier molecular flexibility index (Phi) is 1.24. The molecule has 0 aromatic carbocycles. The summed E-state index contributed by atoms with van der Waals surface area (Å²) in [5.41, 5.74) is 0. The van der Waals surface area contributed by atoms with Crippen molar-refractivity contribution in [2.75, 3.05) is 6.61 Å². The first kappa shape index (κ1) is 5.69. The van der Waals surface area contributed by atoms with Crippen LogP contribution in [-0.4, -0.2) is 23.9 Å². The van der Waals surface area contributed by atoms with E-state index in [1.165, 1.54) is 12.8 Å². The molecule has 2 heteroatoms. The lowest BCUT2D eigenvalue weighted by atomic mass is 10.1. The molecule has 52 valence electrons. The molecule has 1 N–H and O–H groups in total. The quantitative estimate of drug-likeness (QED) is 0.516. The van der Waals surface area contributed by atoms with Gasteiger partial charge in [-0.3, -0.25) is 0 Å². The van der Waals surface area contributed by atoms with Gasteiger partial charge in [-0.15, -0.1) is 0 Å². The van der Waals surface area contributed by atoms with Crippen molar-refractivity contribution in [1.29, 1.82) is 0 Å². The Morgan fingerprint density at radius 1 is 1.22 bits per heavy atom. The van der Waals surface area contributed by atoms with Gasteiger partial charge in [-0.1, -0.05) is 0 Å². The molecule has 2 fully saturated rings. The Labute approximate surface area is 54.8 Å². The van der Waals surface area contributed by atoms with Crippen LogP contribution in [0.2, 0.25) is 0 Å². The Bertz CT molecular complexity index is 113. The fraction of sp³-hybridized carbons (Fsp3) is 1.00. The van der Waals surface area contributed by atoms with Crippen LogP contribution in [0, 0.1) is 5.92 Å². The zero-order valence-electron chi connectivity index (χ0n) is 5.42. The Morgan fingerprint density at radius 3 is 2.89 bits per heavy atom. The van der Waals surface area contributed by atoms with Gasteiger partial charge in [-0.25, -0.2) is 0 Å². The highest BCUT2D eigenvalue weighted by molar-refractivity contribution is 4.88. The van der Waals surface area contributed by atoms with Gasteiger partial charge in [0.05, 0.1) is 12.2 Å². The minimum atomic E-state index is -0.155. The topological polar surface area (TPSA) is 29.5 Å². The van der Waals surface area contributed by atoms with Crippen molar-refractivity contribution < 1.29 is 9.84 Å². The molecule has 3 atom stereocenters. The highest BCUT2D eigenvalue weighted by Gasteiger charge is 2.39. The Balaban J connectivity index is 2.07. The van der Waals surface area contributed by atoms with Crippen molar-refractivity contribution in [3.05, 3.63) is 0 Å². The largest absolute Gasteiger partial charge is 0.390 e. The van der Waals surface area contributed by atoms with Gasteiger partial charge in [0.1, 0.15) is 0 Å². The SMILES string of the molecule is O[C@@H]1CC[C@@H]2CCO[C@@H]21. The fourth-order valence-electron chi connectivity index (χ4n) is 1.94. The zero-order valence-corrected chi connectivity index (χ0v) is 5.42. The van der Waals surface area contributed by atoms with E-state index in [2.05, 4.69) is 0 Å². The first-order valence-corrected chi connectivity index (χ1v) is 3.67. The lowest BCUT2D eigenvalue weighted by molar-refractivity contribution is 0.00674. The first-order chi connectivity index (χ1) is 4.38. The van der Waals surface area contributed by atoms with Gasteiger partial charge in [0.25, 0.3) is 0 Å². The third-order valence-corrected chi connectivity index (χ3v) is 2.48. The first-order valence-electron chi connectivity index (χ1n) is 3.67. The monoisotopic (exact) mass is 128 g/mol. The number of hydrogen-bond acceptors (Lipinski definition) is 2. The average Bonchev–Trinajstić information content (AvgIpc) is 2.35. The highest BCUT2D eigenvalue weighted by Crippen LogP contribution is 2.35. The van der Waals surface area contributed by atoms with Gasteiger partial charge in [-0.05, 0) is 25.2 Å².